The van der Waals surface area contributed by atoms with Crippen LogP contribution in [0.3, 0.4) is 0 Å². The van der Waals surface area contributed by atoms with Crippen LogP contribution >= 0.6 is 0 Å². The smallest absolute Gasteiger partial charge is 0.238 e. The molecule has 0 aromatic rings. The van der Waals surface area contributed by atoms with Crippen LogP contribution in [0.15, 0.2) is 0 Å². The summed E-state index contributed by atoms with van der Waals surface area (Å²) < 4.78 is 0. The molecule has 0 saturated heterocycles. The Morgan fingerprint density at radius 1 is 1.38 bits per heavy atom. The van der Waals surface area contributed by atoms with Gasteiger partial charge in [-0.25, -0.2) is 5.01 Å². The topological polar surface area (TPSA) is 58.4 Å². The highest BCUT2D eigenvalue weighted by Crippen LogP contribution is 2.22. The lowest BCUT2D eigenvalue weighted by Gasteiger charge is -2.28. The lowest BCUT2D eigenvalue weighted by Crippen LogP contribution is -2.47. The van der Waals surface area contributed by atoms with Gasteiger partial charge in [-0.2, -0.15) is 0 Å². The minimum Gasteiger partial charge on any atom is -0.327 e. The quantitative estimate of drug-likeness (QED) is 0.600. The van der Waals surface area contributed by atoms with E-state index in [1.807, 2.05) is 14.1 Å². The summed E-state index contributed by atoms with van der Waals surface area (Å²) in [5.41, 5.74) is 8.63. The Bertz CT molecular complexity index is 182. The van der Waals surface area contributed by atoms with Crippen molar-refractivity contribution in [3.63, 3.8) is 0 Å². The highest BCUT2D eigenvalue weighted by atomic mass is 16.2. The van der Waals surface area contributed by atoms with E-state index in [2.05, 4.69) is 5.43 Å². The summed E-state index contributed by atoms with van der Waals surface area (Å²) in [4.78, 5) is 11.6. The van der Waals surface area contributed by atoms with Crippen LogP contribution in [0.2, 0.25) is 0 Å². The van der Waals surface area contributed by atoms with Gasteiger partial charge in [0, 0.05) is 20.1 Å². The van der Waals surface area contributed by atoms with E-state index < -0.39 is 0 Å². The molecule has 2 atom stereocenters. The van der Waals surface area contributed by atoms with Crippen molar-refractivity contribution in [2.45, 2.75) is 31.7 Å². The summed E-state index contributed by atoms with van der Waals surface area (Å²) in [5, 5.41) is 1.67. The molecule has 1 fully saturated rings. The number of nitrogens with one attached hydrogen (secondary N) is 1. The van der Waals surface area contributed by atoms with Crippen LogP contribution < -0.4 is 11.2 Å². The van der Waals surface area contributed by atoms with E-state index in [4.69, 9.17) is 5.73 Å². The zero-order chi connectivity index (χ0) is 9.84. The maximum absolute atomic E-state index is 11.6. The molecule has 0 heterocycles. The maximum atomic E-state index is 11.6. The van der Waals surface area contributed by atoms with Crippen molar-refractivity contribution in [3.8, 4) is 0 Å². The number of amides is 1. The molecule has 3 N–H and O–H groups in total. The van der Waals surface area contributed by atoms with E-state index >= 15 is 0 Å². The molecule has 1 rings (SSSR count). The van der Waals surface area contributed by atoms with Gasteiger partial charge in [0.15, 0.2) is 0 Å². The van der Waals surface area contributed by atoms with Crippen LogP contribution in [-0.4, -0.2) is 31.1 Å². The van der Waals surface area contributed by atoms with Crippen molar-refractivity contribution in [2.75, 3.05) is 14.1 Å². The van der Waals surface area contributed by atoms with Crippen LogP contribution in [0.25, 0.3) is 0 Å². The number of nitrogens with zero attached hydrogens (tertiary/aromatic N) is 1. The molecule has 0 bridgehead atoms. The van der Waals surface area contributed by atoms with Gasteiger partial charge in [0.2, 0.25) is 5.91 Å². The fourth-order valence-electron chi connectivity index (χ4n) is 1.79. The third kappa shape index (κ3) is 2.97. The van der Waals surface area contributed by atoms with E-state index in [0.717, 1.165) is 25.7 Å². The molecule has 0 aromatic carbocycles. The summed E-state index contributed by atoms with van der Waals surface area (Å²) >= 11 is 0. The third-order valence-electron chi connectivity index (χ3n) is 2.49. The second kappa shape index (κ2) is 4.58. The molecule has 0 radical (unpaired) electrons. The Hall–Kier alpha value is -0.610. The molecule has 0 aliphatic heterocycles. The predicted molar refractivity (Wildman–Crippen MR) is 51.8 cm³/mol. The van der Waals surface area contributed by atoms with E-state index in [-0.39, 0.29) is 17.9 Å². The van der Waals surface area contributed by atoms with Crippen LogP contribution in [0.4, 0.5) is 0 Å². The molecule has 1 saturated carbocycles. The van der Waals surface area contributed by atoms with Crippen molar-refractivity contribution in [1.29, 1.82) is 0 Å². The fraction of sp³-hybridized carbons (Fsp3) is 0.889. The van der Waals surface area contributed by atoms with Crippen LogP contribution in [-0.2, 0) is 4.79 Å². The minimum atomic E-state index is 0.0103. The zero-order valence-electron chi connectivity index (χ0n) is 8.42. The highest BCUT2D eigenvalue weighted by Gasteiger charge is 2.28. The van der Waals surface area contributed by atoms with Gasteiger partial charge in [-0.1, -0.05) is 12.8 Å². The molecule has 1 amide bonds. The molecule has 76 valence electrons. The van der Waals surface area contributed by atoms with Gasteiger partial charge >= 0.3 is 0 Å². The van der Waals surface area contributed by atoms with Gasteiger partial charge in [-0.15, -0.1) is 0 Å². The Labute approximate surface area is 79.4 Å². The monoisotopic (exact) mass is 185 g/mol. The number of carbonyl (C=O) groups excluding carboxylic acids is 1. The van der Waals surface area contributed by atoms with E-state index in [1.54, 1.807) is 5.01 Å². The molecule has 4 nitrogen and oxygen atoms in total. The Morgan fingerprint density at radius 2 is 2.00 bits per heavy atom. The SMILES string of the molecule is CN(C)NC(=O)C1CCCCC1N. The number of nitrogens with two attached hydrogens (primary N) is 1. The second-order valence-electron chi connectivity index (χ2n) is 3.93. The first-order valence-corrected chi connectivity index (χ1v) is 4.84. The molecule has 0 spiro atoms. The fourth-order valence-corrected chi connectivity index (χ4v) is 1.79. The van der Waals surface area contributed by atoms with Gasteiger partial charge < -0.3 is 5.73 Å². The number of hydrogen-bond donors (Lipinski definition) is 2. The average Bonchev–Trinajstić information content (AvgIpc) is 2.03. The van der Waals surface area contributed by atoms with Crippen molar-refractivity contribution >= 4 is 5.91 Å². The number of hydrogen-bond acceptors (Lipinski definition) is 3. The summed E-state index contributed by atoms with van der Waals surface area (Å²) in [6.45, 7) is 0. The van der Waals surface area contributed by atoms with Crippen LogP contribution in [0.1, 0.15) is 25.7 Å². The first kappa shape index (κ1) is 10.5. The number of hydrazine groups is 1. The van der Waals surface area contributed by atoms with Gasteiger partial charge in [-0.05, 0) is 12.8 Å². The zero-order valence-corrected chi connectivity index (χ0v) is 8.42. The summed E-state index contributed by atoms with van der Waals surface area (Å²) in [6, 6.07) is 0.0497. The van der Waals surface area contributed by atoms with Crippen molar-refractivity contribution in [3.05, 3.63) is 0 Å². The lowest BCUT2D eigenvalue weighted by atomic mass is 9.84. The Morgan fingerprint density at radius 3 is 2.54 bits per heavy atom. The predicted octanol–water partition coefficient (Wildman–Crippen LogP) is 0.0967. The molecular weight excluding hydrogens is 166 g/mol. The largest absolute Gasteiger partial charge is 0.327 e. The molecule has 0 aromatic heterocycles. The van der Waals surface area contributed by atoms with Gasteiger partial charge in [0.25, 0.3) is 0 Å². The summed E-state index contributed by atoms with van der Waals surface area (Å²) in [6.07, 6.45) is 4.19. The number of carbonyl (C=O) groups is 1. The minimum absolute atomic E-state index is 0.0103. The molecule has 1 aliphatic carbocycles. The Balaban J connectivity index is 2.44. The van der Waals surface area contributed by atoms with E-state index in [0.29, 0.717) is 0 Å². The van der Waals surface area contributed by atoms with Gasteiger partial charge in [-0.3, -0.25) is 10.2 Å². The molecule has 2 unspecified atom stereocenters. The normalized spacial score (nSPS) is 28.9. The average molecular weight is 185 g/mol. The van der Waals surface area contributed by atoms with Gasteiger partial charge in [0.05, 0.1) is 5.92 Å². The van der Waals surface area contributed by atoms with Crippen molar-refractivity contribution in [1.82, 2.24) is 10.4 Å². The van der Waals surface area contributed by atoms with Crippen LogP contribution in [0.5, 0.6) is 0 Å². The van der Waals surface area contributed by atoms with Gasteiger partial charge in [0.1, 0.15) is 0 Å². The second-order valence-corrected chi connectivity index (χ2v) is 3.93. The number of rotatable bonds is 2. The maximum Gasteiger partial charge on any atom is 0.238 e. The lowest BCUT2D eigenvalue weighted by molar-refractivity contribution is -0.130. The molecule has 4 heteroatoms. The third-order valence-corrected chi connectivity index (χ3v) is 2.49. The van der Waals surface area contributed by atoms with Crippen molar-refractivity contribution < 1.29 is 4.79 Å². The first-order valence-electron chi connectivity index (χ1n) is 4.84. The van der Waals surface area contributed by atoms with Crippen molar-refractivity contribution in [2.24, 2.45) is 11.7 Å². The first-order chi connectivity index (χ1) is 6.11. The standard InChI is InChI=1S/C9H19N3O/c1-12(2)11-9(13)7-5-3-4-6-8(7)10/h7-8H,3-6,10H2,1-2H3,(H,11,13). The summed E-state index contributed by atoms with van der Waals surface area (Å²) in [7, 11) is 3.62. The van der Waals surface area contributed by atoms with E-state index in [1.165, 1.54) is 0 Å². The Kier molecular flexibility index (Phi) is 3.69. The van der Waals surface area contributed by atoms with Crippen LogP contribution in [0, 0.1) is 5.92 Å². The van der Waals surface area contributed by atoms with E-state index in [9.17, 15) is 4.79 Å². The molecule has 1 aliphatic rings. The summed E-state index contributed by atoms with van der Waals surface area (Å²) in [5.74, 6) is 0.0772. The molecule has 13 heavy (non-hydrogen) atoms. The molecular formula is C9H19N3O. The highest BCUT2D eigenvalue weighted by molar-refractivity contribution is 5.78.